The molecule has 1 aromatic carbocycles. The molecule has 0 spiro atoms. The van der Waals surface area contributed by atoms with E-state index >= 15 is 0 Å². The summed E-state index contributed by atoms with van der Waals surface area (Å²) in [5.74, 6) is -1.20. The highest BCUT2D eigenvalue weighted by Crippen LogP contribution is 2.18. The maximum absolute atomic E-state index is 11.7. The van der Waals surface area contributed by atoms with Gasteiger partial charge in [-0.05, 0) is 25.1 Å². The molecule has 0 bridgehead atoms. The molecule has 2 rings (SSSR count). The maximum Gasteiger partial charge on any atom is 0.339 e. The van der Waals surface area contributed by atoms with Crippen molar-refractivity contribution in [1.82, 2.24) is 9.78 Å². The highest BCUT2D eigenvalue weighted by atomic mass is 16.4. The number of benzene rings is 1. The van der Waals surface area contributed by atoms with Crippen LogP contribution in [0.25, 0.3) is 5.69 Å². The van der Waals surface area contributed by atoms with E-state index in [9.17, 15) is 9.59 Å². The van der Waals surface area contributed by atoms with E-state index in [0.717, 1.165) is 0 Å². The number of nitrogens with zero attached hydrogens (tertiary/aromatic N) is 2. The molecule has 0 unspecified atom stereocenters. The number of hydrogen-bond acceptors (Lipinski definition) is 3. The molecular weight excluding hydrogens is 270 g/mol. The summed E-state index contributed by atoms with van der Waals surface area (Å²) < 4.78 is 1.54. The van der Waals surface area contributed by atoms with Crippen molar-refractivity contribution in [3.8, 4) is 5.69 Å². The molecular formula is C15H17N3O3. The van der Waals surface area contributed by atoms with Crippen LogP contribution >= 0.6 is 0 Å². The van der Waals surface area contributed by atoms with Gasteiger partial charge in [-0.15, -0.1) is 0 Å². The monoisotopic (exact) mass is 287 g/mol. The molecule has 0 aliphatic heterocycles. The molecule has 0 aliphatic rings. The highest BCUT2D eigenvalue weighted by Gasteiger charge is 2.14. The molecule has 2 aromatic rings. The minimum atomic E-state index is -1.01. The van der Waals surface area contributed by atoms with E-state index in [2.05, 4.69) is 10.4 Å². The van der Waals surface area contributed by atoms with Crippen molar-refractivity contribution < 1.29 is 14.7 Å². The molecule has 0 fully saturated rings. The van der Waals surface area contributed by atoms with Crippen LogP contribution < -0.4 is 5.32 Å². The summed E-state index contributed by atoms with van der Waals surface area (Å²) in [5, 5.41) is 15.9. The number of aromatic carboxylic acids is 1. The van der Waals surface area contributed by atoms with Gasteiger partial charge in [0.15, 0.2) is 0 Å². The van der Waals surface area contributed by atoms with E-state index in [1.807, 2.05) is 13.8 Å². The Morgan fingerprint density at radius 2 is 2.05 bits per heavy atom. The fourth-order valence-corrected chi connectivity index (χ4v) is 1.88. The van der Waals surface area contributed by atoms with Gasteiger partial charge in [-0.25, -0.2) is 9.48 Å². The molecule has 0 atom stereocenters. The predicted molar refractivity (Wildman–Crippen MR) is 78.7 cm³/mol. The fraction of sp³-hybridized carbons (Fsp3) is 0.267. The molecule has 6 heteroatoms. The van der Waals surface area contributed by atoms with E-state index < -0.39 is 5.97 Å². The standard InChI is InChI=1S/C15H17N3O3/c1-9(2)14(19)17-11-5-4-6-12(7-11)18-10(3)13(8-16-18)15(20)21/h4-9H,1-3H3,(H,17,19)(H,20,21). The number of carbonyl (C=O) groups excluding carboxylic acids is 1. The molecule has 6 nitrogen and oxygen atoms in total. The van der Waals surface area contributed by atoms with Crippen LogP contribution in [0.2, 0.25) is 0 Å². The Kier molecular flexibility index (Phi) is 4.07. The van der Waals surface area contributed by atoms with Gasteiger partial charge in [-0.2, -0.15) is 5.10 Å². The normalized spacial score (nSPS) is 10.7. The zero-order chi connectivity index (χ0) is 15.6. The lowest BCUT2D eigenvalue weighted by Gasteiger charge is -2.10. The van der Waals surface area contributed by atoms with Crippen molar-refractivity contribution in [2.75, 3.05) is 5.32 Å². The van der Waals surface area contributed by atoms with Gasteiger partial charge in [0.25, 0.3) is 0 Å². The SMILES string of the molecule is Cc1c(C(=O)O)cnn1-c1cccc(NC(=O)C(C)C)c1. The van der Waals surface area contributed by atoms with Crippen LogP contribution in [0.15, 0.2) is 30.5 Å². The summed E-state index contributed by atoms with van der Waals surface area (Å²) >= 11 is 0. The first kappa shape index (κ1) is 14.8. The summed E-state index contributed by atoms with van der Waals surface area (Å²) in [6.45, 7) is 5.32. The first-order chi connectivity index (χ1) is 9.90. The minimum absolute atomic E-state index is 0.0736. The maximum atomic E-state index is 11.7. The average molecular weight is 287 g/mol. The second kappa shape index (κ2) is 5.78. The van der Waals surface area contributed by atoms with Gasteiger partial charge >= 0.3 is 5.97 Å². The Bertz CT molecular complexity index is 689. The Balaban J connectivity index is 2.33. The highest BCUT2D eigenvalue weighted by molar-refractivity contribution is 5.92. The molecule has 110 valence electrons. The number of rotatable bonds is 4. The van der Waals surface area contributed by atoms with Gasteiger partial charge in [0.1, 0.15) is 5.56 Å². The lowest BCUT2D eigenvalue weighted by molar-refractivity contribution is -0.118. The number of carboxylic acid groups (broad SMARTS) is 1. The van der Waals surface area contributed by atoms with Gasteiger partial charge < -0.3 is 10.4 Å². The van der Waals surface area contributed by atoms with E-state index in [-0.39, 0.29) is 17.4 Å². The zero-order valence-corrected chi connectivity index (χ0v) is 12.1. The number of hydrogen-bond donors (Lipinski definition) is 2. The lowest BCUT2D eigenvalue weighted by Crippen LogP contribution is -2.17. The van der Waals surface area contributed by atoms with Crippen molar-refractivity contribution in [2.24, 2.45) is 5.92 Å². The quantitative estimate of drug-likeness (QED) is 0.904. The summed E-state index contributed by atoms with van der Waals surface area (Å²) in [7, 11) is 0. The van der Waals surface area contributed by atoms with Gasteiger partial charge in [0.05, 0.1) is 17.6 Å². The van der Waals surface area contributed by atoms with Crippen LogP contribution in [0.1, 0.15) is 29.9 Å². The van der Waals surface area contributed by atoms with Crippen molar-refractivity contribution in [3.05, 3.63) is 41.7 Å². The second-order valence-electron chi connectivity index (χ2n) is 5.05. The average Bonchev–Trinajstić information content (AvgIpc) is 2.81. The molecule has 1 amide bonds. The molecule has 2 N–H and O–H groups in total. The van der Waals surface area contributed by atoms with Gasteiger partial charge in [-0.3, -0.25) is 4.79 Å². The van der Waals surface area contributed by atoms with Crippen LogP contribution in [0.4, 0.5) is 5.69 Å². The van der Waals surface area contributed by atoms with Gasteiger partial charge in [0.2, 0.25) is 5.91 Å². The largest absolute Gasteiger partial charge is 0.478 e. The van der Waals surface area contributed by atoms with Gasteiger partial charge in [0, 0.05) is 11.6 Å². The van der Waals surface area contributed by atoms with E-state index in [1.165, 1.54) is 10.9 Å². The van der Waals surface area contributed by atoms with Gasteiger partial charge in [-0.1, -0.05) is 19.9 Å². The molecule has 1 heterocycles. The first-order valence-electron chi connectivity index (χ1n) is 6.59. The predicted octanol–water partition coefficient (Wildman–Crippen LogP) is 2.47. The van der Waals surface area contributed by atoms with Crippen molar-refractivity contribution >= 4 is 17.6 Å². The lowest BCUT2D eigenvalue weighted by atomic mass is 10.2. The Labute approximate surface area is 122 Å². The van der Waals surface area contributed by atoms with E-state index in [4.69, 9.17) is 5.11 Å². The third-order valence-electron chi connectivity index (χ3n) is 3.12. The zero-order valence-electron chi connectivity index (χ0n) is 12.1. The van der Waals surface area contributed by atoms with Crippen LogP contribution in [-0.2, 0) is 4.79 Å². The number of amides is 1. The Morgan fingerprint density at radius 3 is 2.62 bits per heavy atom. The van der Waals surface area contributed by atoms with Crippen molar-refractivity contribution in [1.29, 1.82) is 0 Å². The summed E-state index contributed by atoms with van der Waals surface area (Å²) in [5.41, 5.74) is 2.04. The van der Waals surface area contributed by atoms with Crippen LogP contribution in [0, 0.1) is 12.8 Å². The smallest absolute Gasteiger partial charge is 0.339 e. The van der Waals surface area contributed by atoms with Crippen molar-refractivity contribution in [3.63, 3.8) is 0 Å². The second-order valence-corrected chi connectivity index (χ2v) is 5.05. The number of nitrogens with one attached hydrogen (secondary N) is 1. The first-order valence-corrected chi connectivity index (χ1v) is 6.59. The number of anilines is 1. The fourth-order valence-electron chi connectivity index (χ4n) is 1.88. The molecule has 21 heavy (non-hydrogen) atoms. The Hall–Kier alpha value is -2.63. The summed E-state index contributed by atoms with van der Waals surface area (Å²) in [6, 6.07) is 7.12. The molecule has 0 radical (unpaired) electrons. The van der Waals surface area contributed by atoms with Crippen LogP contribution in [0.5, 0.6) is 0 Å². The minimum Gasteiger partial charge on any atom is -0.478 e. The van der Waals surface area contributed by atoms with E-state index in [0.29, 0.717) is 17.1 Å². The number of aromatic nitrogens is 2. The topological polar surface area (TPSA) is 84.2 Å². The number of carboxylic acids is 1. The molecule has 0 saturated heterocycles. The number of carbonyl (C=O) groups is 2. The van der Waals surface area contributed by atoms with Crippen LogP contribution in [0.3, 0.4) is 0 Å². The summed E-state index contributed by atoms with van der Waals surface area (Å²) in [6.07, 6.45) is 1.32. The Morgan fingerprint density at radius 1 is 1.33 bits per heavy atom. The summed E-state index contributed by atoms with van der Waals surface area (Å²) in [4.78, 5) is 22.8. The third-order valence-corrected chi connectivity index (χ3v) is 3.12. The van der Waals surface area contributed by atoms with Crippen molar-refractivity contribution in [2.45, 2.75) is 20.8 Å². The molecule has 1 aromatic heterocycles. The van der Waals surface area contributed by atoms with Crippen LogP contribution in [-0.4, -0.2) is 26.8 Å². The molecule has 0 saturated carbocycles. The molecule has 0 aliphatic carbocycles. The third kappa shape index (κ3) is 3.10. The van der Waals surface area contributed by atoms with E-state index in [1.54, 1.807) is 31.2 Å².